The lowest BCUT2D eigenvalue weighted by molar-refractivity contribution is 0.116. The SMILES string of the molecule is CC1=C(/C=C/C(C)=C/C=C/C(C)=C/C=C/C=C(C)/C=C/C=C(C)/C=C/C2=C(C)C[C@@H](O)CC2(C)C)C(C)(C)C[C@H](O)C1.COC. The Morgan fingerprint density at radius 1 is 0.578 bits per heavy atom. The van der Waals surface area contributed by atoms with Crippen molar-refractivity contribution in [1.29, 1.82) is 0 Å². The first kappa shape index (κ1) is 40.0. The predicted octanol–water partition coefficient (Wildman–Crippen LogP) is 10.8. The van der Waals surface area contributed by atoms with E-state index in [9.17, 15) is 10.2 Å². The van der Waals surface area contributed by atoms with E-state index in [1.54, 1.807) is 14.2 Å². The summed E-state index contributed by atoms with van der Waals surface area (Å²) in [6, 6.07) is 0. The number of aliphatic hydroxyl groups excluding tert-OH is 2. The van der Waals surface area contributed by atoms with Crippen LogP contribution in [-0.4, -0.2) is 36.6 Å². The predicted molar refractivity (Wildman–Crippen MR) is 197 cm³/mol. The average Bonchev–Trinajstić information content (AvgIpc) is 2.89. The minimum absolute atomic E-state index is 0.00547. The Kier molecular flexibility index (Phi) is 17.4. The van der Waals surface area contributed by atoms with E-state index in [-0.39, 0.29) is 23.0 Å². The molecule has 2 atom stereocenters. The molecule has 2 rings (SSSR count). The standard InChI is InChI=1S/C40H56O2.C2H6O/c1-29(17-13-19-31(3)21-23-37-33(5)25-35(41)27-39(37,7)8)15-11-12-16-30(2)18-14-20-32(4)22-24-38-34(6)26-36(42)28-40(38,9)10;1-3-2/h11-24,35-36,41-42H,25-28H2,1-10H3;1-2H3/b12-11+,17-13+,18-14+,23-21+,24-22+,29-15+,30-16+,31-19+,32-20+;/t35-,36-;/m1./s1. The lowest BCUT2D eigenvalue weighted by atomic mass is 9.71. The van der Waals surface area contributed by atoms with E-state index in [0.717, 1.165) is 25.7 Å². The number of hydrogen-bond acceptors (Lipinski definition) is 3. The molecule has 0 heterocycles. The zero-order valence-electron chi connectivity index (χ0n) is 30.4. The number of ether oxygens (including phenoxy) is 1. The van der Waals surface area contributed by atoms with Gasteiger partial charge < -0.3 is 14.9 Å². The van der Waals surface area contributed by atoms with Crippen molar-refractivity contribution in [2.45, 2.75) is 107 Å². The molecular formula is C42H62O3. The van der Waals surface area contributed by atoms with E-state index in [1.165, 1.54) is 44.6 Å². The summed E-state index contributed by atoms with van der Waals surface area (Å²) in [5.74, 6) is 0. The van der Waals surface area contributed by atoms with Crippen molar-refractivity contribution in [1.82, 2.24) is 0 Å². The number of aliphatic hydroxyl groups is 2. The van der Waals surface area contributed by atoms with Crippen LogP contribution in [0.3, 0.4) is 0 Å². The molecule has 45 heavy (non-hydrogen) atoms. The van der Waals surface area contributed by atoms with Crippen molar-refractivity contribution in [3.63, 3.8) is 0 Å². The van der Waals surface area contributed by atoms with Gasteiger partial charge in [0.05, 0.1) is 12.2 Å². The summed E-state index contributed by atoms with van der Waals surface area (Å²) < 4.78 is 4.25. The van der Waals surface area contributed by atoms with Gasteiger partial charge in [0.15, 0.2) is 0 Å². The molecule has 0 aromatic carbocycles. The number of methoxy groups -OCH3 is 1. The Morgan fingerprint density at radius 2 is 0.867 bits per heavy atom. The smallest absolute Gasteiger partial charge is 0.0585 e. The third-order valence-corrected chi connectivity index (χ3v) is 8.24. The van der Waals surface area contributed by atoms with Crippen LogP contribution in [0.5, 0.6) is 0 Å². The number of allylic oxidation sites excluding steroid dienone is 20. The molecule has 248 valence electrons. The molecule has 0 saturated carbocycles. The van der Waals surface area contributed by atoms with Crippen molar-refractivity contribution in [3.05, 3.63) is 130 Å². The zero-order chi connectivity index (χ0) is 34.2. The highest BCUT2D eigenvalue weighted by molar-refractivity contribution is 5.39. The van der Waals surface area contributed by atoms with Gasteiger partial charge in [-0.3, -0.25) is 0 Å². The first-order valence-corrected chi connectivity index (χ1v) is 16.3. The largest absolute Gasteiger partial charge is 0.393 e. The lowest BCUT2D eigenvalue weighted by Gasteiger charge is -2.35. The molecule has 3 nitrogen and oxygen atoms in total. The van der Waals surface area contributed by atoms with Gasteiger partial charge >= 0.3 is 0 Å². The Bertz CT molecular complexity index is 1210. The molecule has 0 unspecified atom stereocenters. The maximum Gasteiger partial charge on any atom is 0.0585 e. The minimum atomic E-state index is -0.227. The molecule has 2 aliphatic rings. The molecule has 0 aromatic heterocycles. The second-order valence-corrected chi connectivity index (χ2v) is 14.1. The second kappa shape index (κ2) is 19.5. The average molecular weight is 615 g/mol. The molecule has 2 N–H and O–H groups in total. The van der Waals surface area contributed by atoms with Crippen molar-refractivity contribution >= 4 is 0 Å². The van der Waals surface area contributed by atoms with Crippen LogP contribution in [0.2, 0.25) is 0 Å². The molecule has 0 radical (unpaired) electrons. The van der Waals surface area contributed by atoms with Gasteiger partial charge in [-0.25, -0.2) is 0 Å². The zero-order valence-corrected chi connectivity index (χ0v) is 30.4. The highest BCUT2D eigenvalue weighted by atomic mass is 16.4. The summed E-state index contributed by atoms with van der Waals surface area (Å²) in [6.45, 7) is 21.6. The van der Waals surface area contributed by atoms with Gasteiger partial charge in [0.25, 0.3) is 0 Å². The fraction of sp³-hybridized carbons (Fsp3) is 0.476. The van der Waals surface area contributed by atoms with Crippen molar-refractivity contribution in [3.8, 4) is 0 Å². The second-order valence-electron chi connectivity index (χ2n) is 14.1. The fourth-order valence-electron chi connectivity index (χ4n) is 6.13. The number of rotatable bonds is 10. The van der Waals surface area contributed by atoms with Gasteiger partial charge in [0.1, 0.15) is 0 Å². The van der Waals surface area contributed by atoms with Crippen LogP contribution in [0.15, 0.2) is 130 Å². The van der Waals surface area contributed by atoms with E-state index in [0.29, 0.717) is 0 Å². The minimum Gasteiger partial charge on any atom is -0.393 e. The van der Waals surface area contributed by atoms with Crippen LogP contribution in [-0.2, 0) is 4.74 Å². The van der Waals surface area contributed by atoms with Gasteiger partial charge in [-0.05, 0) is 89.2 Å². The Balaban J connectivity index is 0.00000324. The van der Waals surface area contributed by atoms with Crippen molar-refractivity contribution in [2.75, 3.05) is 14.2 Å². The first-order valence-electron chi connectivity index (χ1n) is 16.3. The van der Waals surface area contributed by atoms with E-state index >= 15 is 0 Å². The summed E-state index contributed by atoms with van der Waals surface area (Å²) in [5, 5.41) is 20.2. The maximum atomic E-state index is 10.1. The first-order chi connectivity index (χ1) is 21.0. The fourth-order valence-corrected chi connectivity index (χ4v) is 6.13. The van der Waals surface area contributed by atoms with E-state index < -0.39 is 0 Å². The highest BCUT2D eigenvalue weighted by Crippen LogP contribution is 2.42. The van der Waals surface area contributed by atoms with Gasteiger partial charge in [-0.15, -0.1) is 0 Å². The molecular weight excluding hydrogens is 552 g/mol. The third-order valence-electron chi connectivity index (χ3n) is 8.24. The van der Waals surface area contributed by atoms with Crippen LogP contribution in [0.4, 0.5) is 0 Å². The Morgan fingerprint density at radius 3 is 1.18 bits per heavy atom. The van der Waals surface area contributed by atoms with Crippen LogP contribution in [0, 0.1) is 10.8 Å². The molecule has 3 heteroatoms. The van der Waals surface area contributed by atoms with Gasteiger partial charge in [-0.1, -0.05) is 146 Å². The maximum absolute atomic E-state index is 10.1. The summed E-state index contributed by atoms with van der Waals surface area (Å²) in [6.07, 6.45) is 32.6. The van der Waals surface area contributed by atoms with Gasteiger partial charge in [0.2, 0.25) is 0 Å². The van der Waals surface area contributed by atoms with Crippen LogP contribution >= 0.6 is 0 Å². The molecule has 0 amide bonds. The lowest BCUT2D eigenvalue weighted by Crippen LogP contribution is -2.28. The Labute approximate surface area is 276 Å². The Hall–Kier alpha value is -2.98. The topological polar surface area (TPSA) is 49.7 Å². The highest BCUT2D eigenvalue weighted by Gasteiger charge is 2.32. The molecule has 2 aliphatic carbocycles. The quantitative estimate of drug-likeness (QED) is 0.241. The van der Waals surface area contributed by atoms with Crippen molar-refractivity contribution < 1.29 is 14.9 Å². The van der Waals surface area contributed by atoms with Gasteiger partial charge in [0, 0.05) is 14.2 Å². The van der Waals surface area contributed by atoms with E-state index in [2.05, 4.69) is 159 Å². The van der Waals surface area contributed by atoms with Crippen LogP contribution in [0.1, 0.15) is 94.9 Å². The van der Waals surface area contributed by atoms with Gasteiger partial charge in [-0.2, -0.15) is 0 Å². The molecule has 0 spiro atoms. The molecule has 0 bridgehead atoms. The molecule has 0 aliphatic heterocycles. The van der Waals surface area contributed by atoms with E-state index in [1.807, 2.05) is 0 Å². The molecule has 0 aromatic rings. The van der Waals surface area contributed by atoms with E-state index in [4.69, 9.17) is 0 Å². The molecule has 0 fully saturated rings. The monoisotopic (exact) mass is 614 g/mol. The molecule has 0 saturated heterocycles. The summed E-state index contributed by atoms with van der Waals surface area (Å²) >= 11 is 0. The summed E-state index contributed by atoms with van der Waals surface area (Å²) in [4.78, 5) is 0. The van der Waals surface area contributed by atoms with Crippen LogP contribution < -0.4 is 0 Å². The van der Waals surface area contributed by atoms with Crippen LogP contribution in [0.25, 0.3) is 0 Å². The normalized spacial score (nSPS) is 23.8. The number of hydrogen-bond donors (Lipinski definition) is 2. The van der Waals surface area contributed by atoms with Crippen molar-refractivity contribution in [2.24, 2.45) is 10.8 Å². The summed E-state index contributed by atoms with van der Waals surface area (Å²) in [5.41, 5.74) is 10.1. The summed E-state index contributed by atoms with van der Waals surface area (Å²) in [7, 11) is 3.25. The third kappa shape index (κ3) is 15.2.